The van der Waals surface area contributed by atoms with Crippen LogP contribution in [0.4, 0.5) is 5.69 Å². The second-order valence-corrected chi connectivity index (χ2v) is 9.30. The smallest absolute Gasteiger partial charge is 0.199 e. The topological polar surface area (TPSA) is 39.3 Å². The van der Waals surface area contributed by atoms with Crippen LogP contribution in [0.15, 0.2) is 30.3 Å². The number of nitrogens with one attached hydrogen (secondary N) is 1. The molecule has 1 N–H and O–H groups in total. The molecule has 0 saturated carbocycles. The van der Waals surface area contributed by atoms with Crippen molar-refractivity contribution in [2.24, 2.45) is 0 Å². The number of thiophene rings is 1. The van der Waals surface area contributed by atoms with Crippen molar-refractivity contribution in [2.75, 3.05) is 38.1 Å². The summed E-state index contributed by atoms with van der Waals surface area (Å²) in [6.07, 6.45) is 3.86. The minimum Gasteiger partial charge on any atom is -0.369 e. The zero-order valence-electron chi connectivity index (χ0n) is 15.8. The third-order valence-corrected chi connectivity index (χ3v) is 7.03. The number of rotatable bonds is 3. The van der Waals surface area contributed by atoms with Crippen molar-refractivity contribution in [1.82, 2.24) is 9.88 Å². The maximum Gasteiger partial charge on any atom is 0.199 e. The van der Waals surface area contributed by atoms with E-state index in [1.807, 2.05) is 6.07 Å². The molecule has 1 aliphatic heterocycles. The lowest BCUT2D eigenvalue weighted by atomic mass is 9.97. The molecule has 5 rings (SSSR count). The first kappa shape index (κ1) is 18.0. The Kier molecular flexibility index (Phi) is 4.54. The van der Waals surface area contributed by atoms with Crippen molar-refractivity contribution in [1.29, 1.82) is 0 Å². The van der Waals surface area contributed by atoms with Gasteiger partial charge in [-0.3, -0.25) is 4.79 Å². The molecule has 1 saturated heterocycles. The van der Waals surface area contributed by atoms with Gasteiger partial charge in [0, 0.05) is 58.9 Å². The number of aromatic amines is 1. The predicted octanol–water partition coefficient (Wildman–Crippen LogP) is 3.24. The summed E-state index contributed by atoms with van der Waals surface area (Å²) < 4.78 is 0.655. The summed E-state index contributed by atoms with van der Waals surface area (Å²) in [7, 11) is 2.17. The van der Waals surface area contributed by atoms with Crippen LogP contribution in [0.5, 0.6) is 0 Å². The minimum atomic E-state index is 0.108. The van der Waals surface area contributed by atoms with Gasteiger partial charge in [-0.25, -0.2) is 0 Å². The highest BCUT2D eigenvalue weighted by molar-refractivity contribution is 7.18. The van der Waals surface area contributed by atoms with E-state index in [4.69, 9.17) is 11.6 Å². The first-order valence-corrected chi connectivity index (χ1v) is 10.9. The molecule has 1 aromatic carbocycles. The number of piperazine rings is 1. The monoisotopic (exact) mass is 411 g/mol. The van der Waals surface area contributed by atoms with E-state index >= 15 is 0 Å². The van der Waals surface area contributed by atoms with Crippen molar-refractivity contribution in [3.8, 4) is 0 Å². The Hall–Kier alpha value is -2.08. The number of Topliss-reactive ketones (excluding diaryl/α,β-unsaturated/α-hetero) is 1. The van der Waals surface area contributed by atoms with Crippen molar-refractivity contribution < 1.29 is 4.79 Å². The zero-order valence-corrected chi connectivity index (χ0v) is 17.4. The van der Waals surface area contributed by atoms with Gasteiger partial charge in [0.05, 0.1) is 9.21 Å². The SMILES string of the molecule is CN1CCN(c2ccc3[nH]c4c(c3c2)=C(C(=O)c2ccc(Cl)s2)CCC=4)CC1. The molecule has 0 bridgehead atoms. The molecule has 3 heterocycles. The van der Waals surface area contributed by atoms with Gasteiger partial charge < -0.3 is 14.8 Å². The molecule has 2 aliphatic rings. The molecule has 2 aromatic heterocycles. The number of nitrogens with zero attached hydrogens (tertiary/aromatic N) is 2. The maximum absolute atomic E-state index is 13.2. The molecule has 0 amide bonds. The van der Waals surface area contributed by atoms with Crippen LogP contribution >= 0.6 is 22.9 Å². The number of carbonyl (C=O) groups is 1. The van der Waals surface area contributed by atoms with Gasteiger partial charge in [-0.15, -0.1) is 11.3 Å². The highest BCUT2D eigenvalue weighted by atomic mass is 35.5. The number of hydrogen-bond acceptors (Lipinski definition) is 4. The summed E-state index contributed by atoms with van der Waals surface area (Å²) >= 11 is 7.43. The lowest BCUT2D eigenvalue weighted by molar-refractivity contribution is 0.105. The fourth-order valence-corrected chi connectivity index (χ4v) is 5.25. The van der Waals surface area contributed by atoms with Crippen LogP contribution < -0.4 is 15.5 Å². The molecule has 1 fully saturated rings. The highest BCUT2D eigenvalue weighted by Gasteiger charge is 2.21. The third kappa shape index (κ3) is 3.08. The van der Waals surface area contributed by atoms with Crippen LogP contribution in [0.25, 0.3) is 22.6 Å². The molecular weight excluding hydrogens is 390 g/mol. The van der Waals surface area contributed by atoms with Gasteiger partial charge in [0.1, 0.15) is 0 Å². The number of carbonyl (C=O) groups excluding carboxylic acids is 1. The lowest BCUT2D eigenvalue weighted by Crippen LogP contribution is -2.44. The Labute approximate surface area is 172 Å². The molecule has 1 aliphatic carbocycles. The lowest BCUT2D eigenvalue weighted by Gasteiger charge is -2.34. The predicted molar refractivity (Wildman–Crippen MR) is 118 cm³/mol. The van der Waals surface area contributed by atoms with Crippen LogP contribution in [0.1, 0.15) is 22.5 Å². The maximum atomic E-state index is 13.2. The third-order valence-electron chi connectivity index (χ3n) is 5.80. The summed E-state index contributed by atoms with van der Waals surface area (Å²) in [6.45, 7) is 4.21. The van der Waals surface area contributed by atoms with E-state index in [2.05, 4.69) is 46.1 Å². The average Bonchev–Trinajstić information content (AvgIpc) is 3.30. The fourth-order valence-electron chi connectivity index (χ4n) is 4.24. The van der Waals surface area contributed by atoms with Gasteiger partial charge in [0.15, 0.2) is 5.78 Å². The van der Waals surface area contributed by atoms with Crippen molar-refractivity contribution in [3.63, 3.8) is 0 Å². The van der Waals surface area contributed by atoms with Gasteiger partial charge in [0.2, 0.25) is 0 Å². The number of H-pyrrole nitrogens is 1. The molecule has 0 atom stereocenters. The second-order valence-electron chi connectivity index (χ2n) is 7.59. The normalized spacial score (nSPS) is 17.6. The zero-order chi connectivity index (χ0) is 19.3. The Morgan fingerprint density at radius 2 is 1.96 bits per heavy atom. The number of halogens is 1. The number of benzene rings is 1. The van der Waals surface area contributed by atoms with Crippen LogP contribution in [0, 0.1) is 0 Å². The fraction of sp³-hybridized carbons (Fsp3) is 0.318. The van der Waals surface area contributed by atoms with E-state index in [0.717, 1.165) is 70.9 Å². The molecule has 4 nitrogen and oxygen atoms in total. The van der Waals surface area contributed by atoms with Crippen LogP contribution in [0.3, 0.4) is 0 Å². The largest absolute Gasteiger partial charge is 0.369 e. The van der Waals surface area contributed by atoms with E-state index in [1.54, 1.807) is 6.07 Å². The van der Waals surface area contributed by atoms with E-state index in [0.29, 0.717) is 4.34 Å². The van der Waals surface area contributed by atoms with E-state index in [-0.39, 0.29) is 5.78 Å². The average molecular weight is 412 g/mol. The summed E-state index contributed by atoms with van der Waals surface area (Å²) in [5, 5.41) is 3.29. The Bertz CT molecular complexity index is 1180. The first-order chi connectivity index (χ1) is 13.6. The standard InChI is InChI=1S/C22H22ClN3OS/c1-25-9-11-26(12-10-25)14-5-6-17-16(13-14)21-15(3-2-4-18(21)24-17)22(27)19-7-8-20(23)28-19/h4-8,13,24H,2-3,9-12H2,1H3. The van der Waals surface area contributed by atoms with E-state index in [1.165, 1.54) is 17.0 Å². The van der Waals surface area contributed by atoms with Gasteiger partial charge in [-0.05, 0) is 50.2 Å². The number of anilines is 1. The molecule has 0 unspecified atom stereocenters. The molecule has 6 heteroatoms. The molecular formula is C22H22ClN3OS. The van der Waals surface area contributed by atoms with Gasteiger partial charge in [-0.1, -0.05) is 17.7 Å². The van der Waals surface area contributed by atoms with Crippen LogP contribution in [-0.2, 0) is 0 Å². The van der Waals surface area contributed by atoms with Gasteiger partial charge in [-0.2, -0.15) is 0 Å². The summed E-state index contributed by atoms with van der Waals surface area (Å²) in [6, 6.07) is 10.2. The summed E-state index contributed by atoms with van der Waals surface area (Å²) in [5.74, 6) is 0.108. The molecule has 28 heavy (non-hydrogen) atoms. The number of hydrogen-bond donors (Lipinski definition) is 1. The van der Waals surface area contributed by atoms with Crippen molar-refractivity contribution in [3.05, 3.63) is 50.1 Å². The van der Waals surface area contributed by atoms with Crippen molar-refractivity contribution >= 4 is 57.0 Å². The van der Waals surface area contributed by atoms with Crippen LogP contribution in [-0.4, -0.2) is 48.9 Å². The number of aromatic nitrogens is 1. The highest BCUT2D eigenvalue weighted by Crippen LogP contribution is 2.27. The summed E-state index contributed by atoms with van der Waals surface area (Å²) in [5.41, 5.74) is 3.23. The molecule has 0 spiro atoms. The number of ketones is 1. The first-order valence-electron chi connectivity index (χ1n) is 9.69. The summed E-state index contributed by atoms with van der Waals surface area (Å²) in [4.78, 5) is 22.2. The van der Waals surface area contributed by atoms with Gasteiger partial charge >= 0.3 is 0 Å². The van der Waals surface area contributed by atoms with Gasteiger partial charge in [0.25, 0.3) is 0 Å². The quantitative estimate of drug-likeness (QED) is 0.672. The number of likely N-dealkylation sites (N-methyl/N-ethyl adjacent to an activating group) is 1. The van der Waals surface area contributed by atoms with E-state index in [9.17, 15) is 4.79 Å². The van der Waals surface area contributed by atoms with Crippen molar-refractivity contribution in [2.45, 2.75) is 12.8 Å². The van der Waals surface area contributed by atoms with E-state index < -0.39 is 0 Å². The minimum absolute atomic E-state index is 0.108. The molecule has 0 radical (unpaired) electrons. The number of fused-ring (bicyclic) bond motifs is 3. The molecule has 144 valence electrons. The molecule has 3 aromatic rings. The van der Waals surface area contributed by atoms with Crippen LogP contribution in [0.2, 0.25) is 4.34 Å². The Morgan fingerprint density at radius 1 is 1.14 bits per heavy atom. The Morgan fingerprint density at radius 3 is 2.71 bits per heavy atom. The Balaban J connectivity index is 1.66. The second kappa shape index (κ2) is 7.07.